The largest absolute Gasteiger partial charge is 0.414 e. The highest BCUT2D eigenvalue weighted by atomic mass is 16.6. The van der Waals surface area contributed by atoms with Crippen LogP contribution in [-0.2, 0) is 0 Å². The van der Waals surface area contributed by atoms with Crippen LogP contribution in [0.25, 0.3) is 0 Å². The van der Waals surface area contributed by atoms with Crippen LogP contribution in [0, 0.1) is 5.41 Å². The van der Waals surface area contributed by atoms with E-state index < -0.39 is 18.3 Å². The lowest BCUT2D eigenvalue weighted by Gasteiger charge is -2.21. The standard InChI is InChI=1S/C19H30N2O5/c1-19(2,3)9-8-16(22)13-10-14(25-17(23)20(4)5)12-15(11-13)26-18(24)21(6)7/h10-12,16,22H,8-9H2,1-7H3. The van der Waals surface area contributed by atoms with Crippen molar-refractivity contribution in [3.63, 3.8) is 0 Å². The van der Waals surface area contributed by atoms with Gasteiger partial charge in [-0.3, -0.25) is 0 Å². The number of rotatable bonds is 5. The van der Waals surface area contributed by atoms with Crippen LogP contribution in [0.3, 0.4) is 0 Å². The quantitative estimate of drug-likeness (QED) is 0.860. The number of carbonyl (C=O) groups is 2. The molecule has 0 bridgehead atoms. The van der Waals surface area contributed by atoms with Crippen molar-refractivity contribution in [2.24, 2.45) is 5.41 Å². The Bertz CT molecular complexity index is 595. The third-order valence-electron chi connectivity index (χ3n) is 3.60. The summed E-state index contributed by atoms with van der Waals surface area (Å²) in [6, 6.07) is 4.62. The molecule has 1 aromatic rings. The molecule has 0 spiro atoms. The lowest BCUT2D eigenvalue weighted by molar-refractivity contribution is 0.145. The molecule has 2 amide bonds. The zero-order valence-electron chi connectivity index (χ0n) is 16.7. The van der Waals surface area contributed by atoms with Crippen LogP contribution in [-0.4, -0.2) is 55.3 Å². The molecule has 7 heteroatoms. The average Bonchev–Trinajstić information content (AvgIpc) is 2.51. The van der Waals surface area contributed by atoms with Crippen molar-refractivity contribution >= 4 is 12.2 Å². The average molecular weight is 366 g/mol. The first kappa shape index (κ1) is 21.8. The maximum absolute atomic E-state index is 11.8. The van der Waals surface area contributed by atoms with Gasteiger partial charge in [-0.2, -0.15) is 0 Å². The second-order valence-electron chi connectivity index (χ2n) is 7.88. The summed E-state index contributed by atoms with van der Waals surface area (Å²) in [6.07, 6.45) is -0.533. The van der Waals surface area contributed by atoms with Crippen LogP contribution in [0.4, 0.5) is 9.59 Å². The summed E-state index contributed by atoms with van der Waals surface area (Å²) in [5, 5.41) is 10.5. The van der Waals surface area contributed by atoms with Gasteiger partial charge in [0, 0.05) is 34.3 Å². The molecule has 0 aliphatic rings. The van der Waals surface area contributed by atoms with Crippen LogP contribution < -0.4 is 9.47 Å². The van der Waals surface area contributed by atoms with E-state index >= 15 is 0 Å². The van der Waals surface area contributed by atoms with Gasteiger partial charge in [0.05, 0.1) is 6.10 Å². The van der Waals surface area contributed by atoms with Crippen molar-refractivity contribution in [3.8, 4) is 11.5 Å². The molecule has 0 fully saturated rings. The Hall–Kier alpha value is -2.28. The second kappa shape index (κ2) is 8.89. The minimum atomic E-state index is -0.760. The molecule has 1 atom stereocenters. The molecular formula is C19H30N2O5. The smallest absolute Gasteiger partial charge is 0.410 e. The minimum Gasteiger partial charge on any atom is -0.410 e. The van der Waals surface area contributed by atoms with E-state index in [-0.39, 0.29) is 16.9 Å². The summed E-state index contributed by atoms with van der Waals surface area (Å²) in [5.74, 6) is 0.412. The summed E-state index contributed by atoms with van der Waals surface area (Å²) in [4.78, 5) is 26.2. The summed E-state index contributed by atoms with van der Waals surface area (Å²) in [7, 11) is 6.27. The van der Waals surface area contributed by atoms with Gasteiger partial charge < -0.3 is 24.4 Å². The van der Waals surface area contributed by atoms with Crippen molar-refractivity contribution in [3.05, 3.63) is 23.8 Å². The number of aliphatic hydroxyl groups excluding tert-OH is 1. The molecule has 0 heterocycles. The Morgan fingerprint density at radius 1 is 0.962 bits per heavy atom. The number of amides is 2. The highest BCUT2D eigenvalue weighted by Gasteiger charge is 2.18. The Morgan fingerprint density at radius 3 is 1.73 bits per heavy atom. The number of ether oxygens (including phenoxy) is 2. The molecule has 146 valence electrons. The molecule has 1 rings (SSSR count). The first-order valence-electron chi connectivity index (χ1n) is 8.50. The Balaban J connectivity index is 3.10. The van der Waals surface area contributed by atoms with Gasteiger partial charge in [0.2, 0.25) is 0 Å². The molecule has 0 aliphatic carbocycles. The van der Waals surface area contributed by atoms with Gasteiger partial charge in [-0.1, -0.05) is 20.8 Å². The first-order chi connectivity index (χ1) is 11.9. The fourth-order valence-corrected chi connectivity index (χ4v) is 2.02. The topological polar surface area (TPSA) is 79.3 Å². The van der Waals surface area contributed by atoms with E-state index in [1.807, 2.05) is 0 Å². The molecule has 26 heavy (non-hydrogen) atoms. The van der Waals surface area contributed by atoms with Crippen LogP contribution in [0.5, 0.6) is 11.5 Å². The van der Waals surface area contributed by atoms with Crippen LogP contribution >= 0.6 is 0 Å². The third kappa shape index (κ3) is 7.31. The number of aliphatic hydroxyl groups is 1. The molecule has 7 nitrogen and oxygen atoms in total. The monoisotopic (exact) mass is 366 g/mol. The van der Waals surface area contributed by atoms with E-state index in [0.717, 1.165) is 6.42 Å². The Kier molecular flexibility index (Phi) is 7.44. The van der Waals surface area contributed by atoms with Gasteiger partial charge in [0.15, 0.2) is 0 Å². The van der Waals surface area contributed by atoms with E-state index in [1.54, 1.807) is 40.3 Å². The molecule has 1 N–H and O–H groups in total. The predicted molar refractivity (Wildman–Crippen MR) is 99.5 cm³/mol. The zero-order valence-corrected chi connectivity index (χ0v) is 16.7. The molecule has 0 aromatic heterocycles. The summed E-state index contributed by atoms with van der Waals surface area (Å²) < 4.78 is 10.5. The highest BCUT2D eigenvalue weighted by Crippen LogP contribution is 2.32. The van der Waals surface area contributed by atoms with Crippen LogP contribution in [0.15, 0.2) is 18.2 Å². The number of nitrogens with zero attached hydrogens (tertiary/aromatic N) is 2. The molecule has 1 unspecified atom stereocenters. The molecule has 0 radical (unpaired) electrons. The maximum Gasteiger partial charge on any atom is 0.414 e. The van der Waals surface area contributed by atoms with E-state index in [0.29, 0.717) is 12.0 Å². The predicted octanol–water partition coefficient (Wildman–Crippen LogP) is 3.67. The fourth-order valence-electron chi connectivity index (χ4n) is 2.02. The number of hydrogen-bond donors (Lipinski definition) is 1. The minimum absolute atomic E-state index is 0.0796. The molecule has 0 saturated heterocycles. The highest BCUT2D eigenvalue weighted by molar-refractivity contribution is 5.72. The lowest BCUT2D eigenvalue weighted by atomic mass is 9.88. The van der Waals surface area contributed by atoms with Crippen molar-refractivity contribution in [1.82, 2.24) is 9.80 Å². The number of hydrogen-bond acceptors (Lipinski definition) is 5. The summed E-state index contributed by atoms with van der Waals surface area (Å²) in [5.41, 5.74) is 0.607. The van der Waals surface area contributed by atoms with Crippen molar-refractivity contribution < 1.29 is 24.2 Å². The van der Waals surface area contributed by atoms with Gasteiger partial charge >= 0.3 is 12.2 Å². The lowest BCUT2D eigenvalue weighted by Crippen LogP contribution is -2.26. The normalized spacial score (nSPS) is 12.3. The second-order valence-corrected chi connectivity index (χ2v) is 7.88. The summed E-state index contributed by atoms with van der Waals surface area (Å²) >= 11 is 0. The molecule has 0 saturated carbocycles. The number of benzene rings is 1. The van der Waals surface area contributed by atoms with E-state index in [4.69, 9.17) is 9.47 Å². The molecule has 1 aromatic carbocycles. The Labute approximate surface area is 155 Å². The first-order valence-corrected chi connectivity index (χ1v) is 8.50. The summed E-state index contributed by atoms with van der Waals surface area (Å²) in [6.45, 7) is 6.29. The van der Waals surface area contributed by atoms with Gasteiger partial charge in [-0.15, -0.1) is 0 Å². The van der Waals surface area contributed by atoms with Gasteiger partial charge in [-0.25, -0.2) is 9.59 Å². The van der Waals surface area contributed by atoms with E-state index in [1.165, 1.54) is 15.9 Å². The van der Waals surface area contributed by atoms with Gasteiger partial charge in [0.1, 0.15) is 11.5 Å². The van der Waals surface area contributed by atoms with Crippen molar-refractivity contribution in [1.29, 1.82) is 0 Å². The molecular weight excluding hydrogens is 336 g/mol. The number of carbonyl (C=O) groups excluding carboxylic acids is 2. The van der Waals surface area contributed by atoms with Crippen LogP contribution in [0.1, 0.15) is 45.3 Å². The van der Waals surface area contributed by atoms with E-state index in [2.05, 4.69) is 20.8 Å². The maximum atomic E-state index is 11.8. The third-order valence-corrected chi connectivity index (χ3v) is 3.60. The van der Waals surface area contributed by atoms with Crippen molar-refractivity contribution in [2.45, 2.75) is 39.7 Å². The van der Waals surface area contributed by atoms with Crippen LogP contribution in [0.2, 0.25) is 0 Å². The van der Waals surface area contributed by atoms with Gasteiger partial charge in [-0.05, 0) is 36.0 Å². The molecule has 0 aliphatic heterocycles. The Morgan fingerprint density at radius 2 is 1.38 bits per heavy atom. The SMILES string of the molecule is CN(C)C(=O)Oc1cc(OC(=O)N(C)C)cc(C(O)CCC(C)(C)C)c1. The van der Waals surface area contributed by atoms with Gasteiger partial charge in [0.25, 0.3) is 0 Å². The van der Waals surface area contributed by atoms with E-state index in [9.17, 15) is 14.7 Å². The fraction of sp³-hybridized carbons (Fsp3) is 0.579. The van der Waals surface area contributed by atoms with Crippen molar-refractivity contribution in [2.75, 3.05) is 28.2 Å². The zero-order chi connectivity index (χ0) is 20.1.